The van der Waals surface area contributed by atoms with Gasteiger partial charge in [-0.2, -0.15) is 0 Å². The highest BCUT2D eigenvalue weighted by atomic mass is 16.2. The Morgan fingerprint density at radius 1 is 1.19 bits per heavy atom. The summed E-state index contributed by atoms with van der Waals surface area (Å²) >= 11 is 0. The van der Waals surface area contributed by atoms with Crippen LogP contribution in [0.5, 0.6) is 0 Å². The first-order chi connectivity index (χ1) is 12.6. The molecular weight excluding hydrogens is 322 g/mol. The molecule has 0 spiro atoms. The average Bonchev–Trinajstić information content (AvgIpc) is 2.65. The molecule has 1 saturated heterocycles. The summed E-state index contributed by atoms with van der Waals surface area (Å²) < 4.78 is 0. The number of hydrogen-bond donors (Lipinski definition) is 1. The van der Waals surface area contributed by atoms with E-state index in [-0.39, 0.29) is 18.0 Å². The zero-order valence-electron chi connectivity index (χ0n) is 15.8. The maximum absolute atomic E-state index is 13.2. The smallest absolute Gasteiger partial charge is 0.242 e. The minimum atomic E-state index is -0.224. The van der Waals surface area contributed by atoms with Gasteiger partial charge in [-0.15, -0.1) is 0 Å². The van der Waals surface area contributed by atoms with Gasteiger partial charge in [0, 0.05) is 30.4 Å². The third-order valence-corrected chi connectivity index (χ3v) is 5.18. The van der Waals surface area contributed by atoms with E-state index in [2.05, 4.69) is 34.3 Å². The molecule has 1 N–H and O–H groups in total. The van der Waals surface area contributed by atoms with E-state index in [4.69, 9.17) is 0 Å². The Morgan fingerprint density at radius 2 is 1.96 bits per heavy atom. The van der Waals surface area contributed by atoms with E-state index in [0.717, 1.165) is 37.1 Å². The Morgan fingerprint density at radius 3 is 2.65 bits per heavy atom. The zero-order chi connectivity index (χ0) is 18.4. The number of benzene rings is 1. The number of aromatic nitrogens is 1. The monoisotopic (exact) mass is 351 g/mol. The third kappa shape index (κ3) is 4.70. The minimum absolute atomic E-state index is 0.0451. The van der Waals surface area contributed by atoms with Crippen LogP contribution in [-0.4, -0.2) is 34.4 Å². The summed E-state index contributed by atoms with van der Waals surface area (Å²) in [5.74, 6) is 0.0911. The molecule has 26 heavy (non-hydrogen) atoms. The summed E-state index contributed by atoms with van der Waals surface area (Å²) in [5, 5.41) is 3.22. The van der Waals surface area contributed by atoms with Crippen LogP contribution >= 0.6 is 0 Å². The standard InChI is InChI=1S/C22H29N3O/c1-17(16-20-13-6-8-14-23-20)24-22(26)21(19-11-4-3-5-12-19)25-15-9-7-10-18(25)2/h3-6,8,11-14,17-18,21H,7,9-10,15-16H2,1-2H3,(H,24,26). The van der Waals surface area contributed by atoms with E-state index in [0.29, 0.717) is 6.04 Å². The predicted molar refractivity (Wildman–Crippen MR) is 105 cm³/mol. The van der Waals surface area contributed by atoms with Crippen molar-refractivity contribution in [2.75, 3.05) is 6.54 Å². The number of carbonyl (C=O) groups is 1. The summed E-state index contributed by atoms with van der Waals surface area (Å²) in [5.41, 5.74) is 2.08. The zero-order valence-corrected chi connectivity index (χ0v) is 15.8. The number of carbonyl (C=O) groups excluding carboxylic acids is 1. The summed E-state index contributed by atoms with van der Waals surface area (Å²) in [6.45, 7) is 5.26. The molecule has 0 saturated carbocycles. The fraction of sp³-hybridized carbons (Fsp3) is 0.455. The molecule has 1 fully saturated rings. The lowest BCUT2D eigenvalue weighted by Crippen LogP contribution is -2.48. The lowest BCUT2D eigenvalue weighted by atomic mass is 9.96. The third-order valence-electron chi connectivity index (χ3n) is 5.18. The van der Waals surface area contributed by atoms with E-state index in [9.17, 15) is 4.79 Å². The van der Waals surface area contributed by atoms with Gasteiger partial charge in [-0.05, 0) is 50.9 Å². The van der Waals surface area contributed by atoms with Crippen molar-refractivity contribution in [3.8, 4) is 0 Å². The quantitative estimate of drug-likeness (QED) is 0.862. The SMILES string of the molecule is CC(Cc1ccccn1)NC(=O)C(c1ccccc1)N1CCCCC1C. The van der Waals surface area contributed by atoms with Gasteiger partial charge < -0.3 is 5.32 Å². The van der Waals surface area contributed by atoms with E-state index >= 15 is 0 Å². The summed E-state index contributed by atoms with van der Waals surface area (Å²) in [6.07, 6.45) is 6.09. The number of nitrogens with one attached hydrogen (secondary N) is 1. The molecular formula is C22H29N3O. The van der Waals surface area contributed by atoms with E-state index in [1.54, 1.807) is 6.20 Å². The summed E-state index contributed by atoms with van der Waals surface area (Å²) in [4.78, 5) is 19.9. The fourth-order valence-corrected chi connectivity index (χ4v) is 3.84. The molecule has 2 heterocycles. The first kappa shape index (κ1) is 18.6. The van der Waals surface area contributed by atoms with E-state index in [1.165, 1.54) is 6.42 Å². The molecule has 4 nitrogen and oxygen atoms in total. The number of rotatable bonds is 6. The first-order valence-corrected chi connectivity index (χ1v) is 9.66. The van der Waals surface area contributed by atoms with Crippen LogP contribution in [0.15, 0.2) is 54.7 Å². The van der Waals surface area contributed by atoms with E-state index in [1.807, 2.05) is 43.3 Å². The van der Waals surface area contributed by atoms with Gasteiger partial charge in [0.25, 0.3) is 0 Å². The van der Waals surface area contributed by atoms with Crippen LogP contribution in [0.1, 0.15) is 50.4 Å². The second-order valence-electron chi connectivity index (χ2n) is 7.33. The molecule has 1 amide bonds. The Kier molecular flexibility index (Phi) is 6.40. The Labute approximate surface area is 156 Å². The molecule has 1 aromatic carbocycles. The van der Waals surface area contributed by atoms with Gasteiger partial charge in [-0.25, -0.2) is 0 Å². The van der Waals surface area contributed by atoms with Gasteiger partial charge in [-0.3, -0.25) is 14.7 Å². The highest BCUT2D eigenvalue weighted by molar-refractivity contribution is 5.83. The normalized spacial score (nSPS) is 20.3. The average molecular weight is 351 g/mol. The summed E-state index contributed by atoms with van der Waals surface area (Å²) in [7, 11) is 0. The van der Waals surface area contributed by atoms with Gasteiger partial charge in [0.1, 0.15) is 6.04 Å². The Balaban J connectivity index is 1.74. The largest absolute Gasteiger partial charge is 0.352 e. The van der Waals surface area contributed by atoms with Crippen LogP contribution in [0.3, 0.4) is 0 Å². The van der Waals surface area contributed by atoms with Crippen molar-refractivity contribution >= 4 is 5.91 Å². The number of hydrogen-bond acceptors (Lipinski definition) is 3. The van der Waals surface area contributed by atoms with Gasteiger partial charge in [-0.1, -0.05) is 42.8 Å². The van der Waals surface area contributed by atoms with E-state index < -0.39 is 0 Å². The van der Waals surface area contributed by atoms with Crippen LogP contribution < -0.4 is 5.32 Å². The molecule has 3 atom stereocenters. The Bertz CT molecular complexity index is 689. The summed E-state index contributed by atoms with van der Waals surface area (Å²) in [6, 6.07) is 16.3. The van der Waals surface area contributed by atoms with Gasteiger partial charge >= 0.3 is 0 Å². The Hall–Kier alpha value is -2.20. The molecule has 0 bridgehead atoms. The van der Waals surface area contributed by atoms with Crippen LogP contribution in [0.2, 0.25) is 0 Å². The number of pyridine rings is 1. The molecule has 1 aromatic heterocycles. The molecule has 2 aromatic rings. The molecule has 0 aliphatic carbocycles. The molecule has 3 rings (SSSR count). The van der Waals surface area contributed by atoms with Gasteiger partial charge in [0.05, 0.1) is 0 Å². The van der Waals surface area contributed by atoms with Crippen molar-refractivity contribution in [1.29, 1.82) is 0 Å². The second-order valence-corrected chi connectivity index (χ2v) is 7.33. The minimum Gasteiger partial charge on any atom is -0.352 e. The highest BCUT2D eigenvalue weighted by Crippen LogP contribution is 2.29. The molecule has 1 aliphatic heterocycles. The van der Waals surface area contributed by atoms with Crippen molar-refractivity contribution in [2.24, 2.45) is 0 Å². The van der Waals surface area contributed by atoms with Crippen LogP contribution in [-0.2, 0) is 11.2 Å². The number of likely N-dealkylation sites (tertiary alicyclic amines) is 1. The van der Waals surface area contributed by atoms with Crippen molar-refractivity contribution < 1.29 is 4.79 Å². The maximum Gasteiger partial charge on any atom is 0.242 e. The molecule has 0 radical (unpaired) electrons. The lowest BCUT2D eigenvalue weighted by Gasteiger charge is -2.39. The van der Waals surface area contributed by atoms with Crippen molar-refractivity contribution in [3.63, 3.8) is 0 Å². The van der Waals surface area contributed by atoms with Crippen molar-refractivity contribution in [1.82, 2.24) is 15.2 Å². The van der Waals surface area contributed by atoms with Crippen LogP contribution in [0.25, 0.3) is 0 Å². The predicted octanol–water partition coefficient (Wildman–Crippen LogP) is 3.74. The highest BCUT2D eigenvalue weighted by Gasteiger charge is 2.32. The number of piperidine rings is 1. The van der Waals surface area contributed by atoms with Crippen LogP contribution in [0, 0.1) is 0 Å². The molecule has 1 aliphatic rings. The van der Waals surface area contributed by atoms with Crippen LogP contribution in [0.4, 0.5) is 0 Å². The first-order valence-electron chi connectivity index (χ1n) is 9.66. The number of nitrogens with zero attached hydrogens (tertiary/aromatic N) is 2. The van der Waals surface area contributed by atoms with Gasteiger partial charge in [0.15, 0.2) is 0 Å². The number of amides is 1. The van der Waals surface area contributed by atoms with Crippen molar-refractivity contribution in [3.05, 3.63) is 66.0 Å². The topological polar surface area (TPSA) is 45.2 Å². The second kappa shape index (κ2) is 8.95. The van der Waals surface area contributed by atoms with Gasteiger partial charge in [0.2, 0.25) is 5.91 Å². The maximum atomic E-state index is 13.2. The van der Waals surface area contributed by atoms with Crippen molar-refractivity contribution in [2.45, 2.75) is 57.7 Å². The molecule has 4 heteroatoms. The fourth-order valence-electron chi connectivity index (χ4n) is 3.84. The molecule has 3 unspecified atom stereocenters. The lowest BCUT2D eigenvalue weighted by molar-refractivity contribution is -0.128. The molecule has 138 valence electrons.